The molecule has 1 aliphatic heterocycles. The number of hydrogen-bond donors (Lipinski definition) is 1. The summed E-state index contributed by atoms with van der Waals surface area (Å²) in [6.45, 7) is 3.27. The largest absolute Gasteiger partial charge is 0.465 e. The number of carbonyl (C=O) groups excluding carboxylic acids is 1. The summed E-state index contributed by atoms with van der Waals surface area (Å²) in [5.41, 5.74) is 1.05. The molecule has 124 valence electrons. The smallest absolute Gasteiger partial charge is 0.315 e. The van der Waals surface area contributed by atoms with Crippen molar-refractivity contribution in [3.05, 3.63) is 48.0 Å². The lowest BCUT2D eigenvalue weighted by molar-refractivity contribution is -0.145. The van der Waals surface area contributed by atoms with Gasteiger partial charge in [-0.3, -0.25) is 4.79 Å². The molecule has 0 bridgehead atoms. The van der Waals surface area contributed by atoms with Crippen molar-refractivity contribution in [1.29, 1.82) is 0 Å². The lowest BCUT2D eigenvalue weighted by Gasteiger charge is -2.30. The van der Waals surface area contributed by atoms with Gasteiger partial charge in [0.2, 0.25) is 0 Å². The highest BCUT2D eigenvalue weighted by atomic mass is 35.5. The lowest BCUT2D eigenvalue weighted by Crippen LogP contribution is -2.42. The van der Waals surface area contributed by atoms with Crippen molar-refractivity contribution in [3.8, 4) is 0 Å². The Morgan fingerprint density at radius 3 is 2.70 bits per heavy atom. The predicted octanol–water partition coefficient (Wildman–Crippen LogP) is 4.05. The van der Waals surface area contributed by atoms with Crippen LogP contribution in [0, 0.1) is 0 Å². The number of piperidine rings is 1. The van der Waals surface area contributed by atoms with Crippen LogP contribution in [0.3, 0.4) is 0 Å². The van der Waals surface area contributed by atoms with Gasteiger partial charge >= 0.3 is 5.97 Å². The van der Waals surface area contributed by atoms with Gasteiger partial charge in [0.05, 0.1) is 12.5 Å². The van der Waals surface area contributed by atoms with Crippen LogP contribution in [-0.2, 0) is 9.53 Å². The SMILES string of the molecule is CCOC(=O)[C@H](c1ccc2ccccc2c1)[C@H]1CCCCN1.Cl. The second-order valence-electron chi connectivity index (χ2n) is 5.89. The summed E-state index contributed by atoms with van der Waals surface area (Å²) in [6, 6.07) is 14.7. The predicted molar refractivity (Wildman–Crippen MR) is 96.2 cm³/mol. The van der Waals surface area contributed by atoms with Gasteiger partial charge in [0, 0.05) is 6.04 Å². The Hall–Kier alpha value is -1.58. The van der Waals surface area contributed by atoms with Crippen LogP contribution in [0.2, 0.25) is 0 Å². The van der Waals surface area contributed by atoms with E-state index in [1.54, 1.807) is 0 Å². The van der Waals surface area contributed by atoms with Crippen molar-refractivity contribution in [2.45, 2.75) is 38.1 Å². The zero-order valence-electron chi connectivity index (χ0n) is 13.5. The average Bonchev–Trinajstić information content (AvgIpc) is 2.56. The van der Waals surface area contributed by atoms with Gasteiger partial charge in [0.15, 0.2) is 0 Å². The normalized spacial score (nSPS) is 18.9. The van der Waals surface area contributed by atoms with Crippen LogP contribution < -0.4 is 5.32 Å². The first-order valence-corrected chi connectivity index (χ1v) is 8.18. The van der Waals surface area contributed by atoms with Gasteiger partial charge in [-0.25, -0.2) is 0 Å². The molecular formula is C19H24ClNO2. The van der Waals surface area contributed by atoms with Crippen molar-refractivity contribution in [2.24, 2.45) is 0 Å². The van der Waals surface area contributed by atoms with Crippen LogP contribution >= 0.6 is 12.4 Å². The second-order valence-corrected chi connectivity index (χ2v) is 5.89. The van der Waals surface area contributed by atoms with E-state index in [4.69, 9.17) is 4.74 Å². The zero-order valence-corrected chi connectivity index (χ0v) is 14.3. The number of hydrogen-bond acceptors (Lipinski definition) is 3. The molecule has 0 spiro atoms. The van der Waals surface area contributed by atoms with E-state index in [1.165, 1.54) is 23.6 Å². The summed E-state index contributed by atoms with van der Waals surface area (Å²) in [5, 5.41) is 5.88. The summed E-state index contributed by atoms with van der Waals surface area (Å²) in [6.07, 6.45) is 3.38. The molecule has 2 atom stereocenters. The maximum atomic E-state index is 12.5. The first-order valence-electron chi connectivity index (χ1n) is 8.18. The number of rotatable bonds is 4. The fraction of sp³-hybridized carbons (Fsp3) is 0.421. The third-order valence-electron chi connectivity index (χ3n) is 4.42. The van der Waals surface area contributed by atoms with Crippen LogP contribution in [0.15, 0.2) is 42.5 Å². The van der Waals surface area contributed by atoms with Crippen molar-refractivity contribution < 1.29 is 9.53 Å². The summed E-state index contributed by atoms with van der Waals surface area (Å²) in [4.78, 5) is 12.5. The van der Waals surface area contributed by atoms with E-state index in [1.807, 2.05) is 19.1 Å². The van der Waals surface area contributed by atoms with Crippen LogP contribution in [0.5, 0.6) is 0 Å². The van der Waals surface area contributed by atoms with Crippen molar-refractivity contribution in [2.75, 3.05) is 13.2 Å². The fourth-order valence-corrected chi connectivity index (χ4v) is 3.33. The van der Waals surface area contributed by atoms with E-state index in [2.05, 4.69) is 35.6 Å². The summed E-state index contributed by atoms with van der Waals surface area (Å²) in [7, 11) is 0. The number of halogens is 1. The number of fused-ring (bicyclic) bond motifs is 1. The third kappa shape index (κ3) is 4.04. The van der Waals surface area contributed by atoms with Crippen molar-refractivity contribution in [3.63, 3.8) is 0 Å². The Balaban J connectivity index is 0.00000192. The zero-order chi connectivity index (χ0) is 15.4. The maximum absolute atomic E-state index is 12.5. The first kappa shape index (κ1) is 17.8. The summed E-state index contributed by atoms with van der Waals surface area (Å²) in [5.74, 6) is -0.331. The molecule has 0 aliphatic carbocycles. The van der Waals surface area contributed by atoms with Crippen LogP contribution in [0.1, 0.15) is 37.7 Å². The second kappa shape index (κ2) is 8.32. The molecule has 0 radical (unpaired) electrons. The molecule has 2 aromatic carbocycles. The van der Waals surface area contributed by atoms with E-state index < -0.39 is 0 Å². The Morgan fingerprint density at radius 1 is 1.22 bits per heavy atom. The monoisotopic (exact) mass is 333 g/mol. The van der Waals surface area contributed by atoms with Gasteiger partial charge in [0.1, 0.15) is 0 Å². The van der Waals surface area contributed by atoms with E-state index in [9.17, 15) is 4.79 Å². The molecule has 1 saturated heterocycles. The van der Waals surface area contributed by atoms with Gasteiger partial charge < -0.3 is 10.1 Å². The summed E-state index contributed by atoms with van der Waals surface area (Å²) < 4.78 is 5.34. The third-order valence-corrected chi connectivity index (χ3v) is 4.42. The molecule has 4 heteroatoms. The van der Waals surface area contributed by atoms with Gasteiger partial charge in [-0.15, -0.1) is 12.4 Å². The quantitative estimate of drug-likeness (QED) is 0.858. The van der Waals surface area contributed by atoms with Crippen LogP contribution in [0.4, 0.5) is 0 Å². The molecule has 3 nitrogen and oxygen atoms in total. The van der Waals surface area contributed by atoms with Gasteiger partial charge in [-0.2, -0.15) is 0 Å². The fourth-order valence-electron chi connectivity index (χ4n) is 3.33. The van der Waals surface area contributed by atoms with E-state index >= 15 is 0 Å². The average molecular weight is 334 g/mol. The van der Waals surface area contributed by atoms with Crippen LogP contribution in [-0.4, -0.2) is 25.2 Å². The topological polar surface area (TPSA) is 38.3 Å². The molecule has 1 N–H and O–H groups in total. The molecule has 0 aromatic heterocycles. The maximum Gasteiger partial charge on any atom is 0.315 e. The molecule has 3 rings (SSSR count). The lowest BCUT2D eigenvalue weighted by atomic mass is 9.85. The molecule has 1 fully saturated rings. The minimum absolute atomic E-state index is 0. The molecule has 0 unspecified atom stereocenters. The van der Waals surface area contributed by atoms with Crippen LogP contribution in [0.25, 0.3) is 10.8 Å². The van der Waals surface area contributed by atoms with E-state index in [0.717, 1.165) is 18.5 Å². The van der Waals surface area contributed by atoms with Gasteiger partial charge in [-0.1, -0.05) is 48.9 Å². The number of esters is 1. The first-order chi connectivity index (χ1) is 10.8. The Bertz CT molecular complexity index is 653. The standard InChI is InChI=1S/C19H23NO2.ClH/c1-2-22-19(21)18(17-9-5-6-12-20-17)16-11-10-14-7-3-4-8-15(14)13-16;/h3-4,7-8,10-11,13,17-18,20H,2,5-6,9,12H2,1H3;1H/t17-,18-;/m1./s1. The number of ether oxygens (including phenoxy) is 1. The number of carbonyl (C=O) groups is 1. The Morgan fingerprint density at radius 2 is 2.00 bits per heavy atom. The summed E-state index contributed by atoms with van der Waals surface area (Å²) >= 11 is 0. The highest BCUT2D eigenvalue weighted by Crippen LogP contribution is 2.29. The molecular weight excluding hydrogens is 310 g/mol. The number of nitrogens with one attached hydrogen (secondary N) is 1. The van der Waals surface area contributed by atoms with E-state index in [0.29, 0.717) is 6.61 Å². The highest BCUT2D eigenvalue weighted by molar-refractivity contribution is 5.86. The van der Waals surface area contributed by atoms with Gasteiger partial charge in [-0.05, 0) is 42.6 Å². The highest BCUT2D eigenvalue weighted by Gasteiger charge is 2.32. The van der Waals surface area contributed by atoms with Crippen molar-refractivity contribution in [1.82, 2.24) is 5.32 Å². The van der Waals surface area contributed by atoms with E-state index in [-0.39, 0.29) is 30.3 Å². The minimum atomic E-state index is -0.218. The Kier molecular flexibility index (Phi) is 6.43. The van der Waals surface area contributed by atoms with Gasteiger partial charge in [0.25, 0.3) is 0 Å². The number of benzene rings is 2. The molecule has 1 aliphatic rings. The molecule has 23 heavy (non-hydrogen) atoms. The van der Waals surface area contributed by atoms with Crippen molar-refractivity contribution >= 4 is 29.1 Å². The minimum Gasteiger partial charge on any atom is -0.465 e. The molecule has 0 amide bonds. The molecule has 1 heterocycles. The molecule has 0 saturated carbocycles. The molecule has 2 aromatic rings. The Labute approximate surface area is 143 Å².